The summed E-state index contributed by atoms with van der Waals surface area (Å²) in [5.74, 6) is -1.17. The van der Waals surface area contributed by atoms with E-state index in [1.54, 1.807) is 71.3 Å². The summed E-state index contributed by atoms with van der Waals surface area (Å²) < 4.78 is 6.86. The van der Waals surface area contributed by atoms with Gasteiger partial charge in [0.1, 0.15) is 6.54 Å². The van der Waals surface area contributed by atoms with Crippen LogP contribution in [-0.4, -0.2) is 23.1 Å². The van der Waals surface area contributed by atoms with Crippen molar-refractivity contribution in [3.05, 3.63) is 87.0 Å². The summed E-state index contributed by atoms with van der Waals surface area (Å²) in [5, 5.41) is 4.06. The molecule has 6 nitrogen and oxygen atoms in total. The topological polar surface area (TPSA) is 77.4 Å². The number of carbonyl (C=O) groups excluding carboxylic acids is 2. The third-order valence-electron chi connectivity index (χ3n) is 4.76. The van der Waals surface area contributed by atoms with Crippen LogP contribution in [0.15, 0.2) is 71.5 Å². The molecule has 0 saturated carbocycles. The Hall–Kier alpha value is -3.35. The first-order valence-corrected chi connectivity index (χ1v) is 10.1. The van der Waals surface area contributed by atoms with Crippen molar-refractivity contribution >= 4 is 62.6 Å². The van der Waals surface area contributed by atoms with Crippen LogP contribution in [0.1, 0.15) is 0 Å². The molecule has 31 heavy (non-hydrogen) atoms. The number of para-hydroxylation sites is 2. The summed E-state index contributed by atoms with van der Waals surface area (Å²) in [7, 11) is 0. The highest BCUT2D eigenvalue weighted by atomic mass is 35.5. The SMILES string of the molecule is O=C(COC(=O)Cn1c2ccccc2c(=O)c2ccccc21)Nc1cccc(Cl)c1Cl. The summed E-state index contributed by atoms with van der Waals surface area (Å²) in [4.78, 5) is 37.4. The molecule has 0 fully saturated rings. The Morgan fingerprint density at radius 2 is 1.48 bits per heavy atom. The van der Waals surface area contributed by atoms with Crippen LogP contribution < -0.4 is 10.7 Å². The lowest BCUT2D eigenvalue weighted by atomic mass is 10.1. The predicted molar refractivity (Wildman–Crippen MR) is 122 cm³/mol. The molecule has 3 aromatic carbocycles. The molecule has 4 rings (SSSR count). The highest BCUT2D eigenvalue weighted by Crippen LogP contribution is 2.29. The van der Waals surface area contributed by atoms with Crippen molar-refractivity contribution in [2.75, 3.05) is 11.9 Å². The van der Waals surface area contributed by atoms with E-state index in [4.69, 9.17) is 27.9 Å². The first-order chi connectivity index (χ1) is 15.0. The Morgan fingerprint density at radius 1 is 0.871 bits per heavy atom. The molecule has 1 aromatic heterocycles. The highest BCUT2D eigenvalue weighted by molar-refractivity contribution is 6.44. The number of amides is 1. The Balaban J connectivity index is 1.53. The number of ether oxygens (including phenoxy) is 1. The second kappa shape index (κ2) is 8.79. The van der Waals surface area contributed by atoms with Crippen LogP contribution in [0.3, 0.4) is 0 Å². The quantitative estimate of drug-likeness (QED) is 0.351. The van der Waals surface area contributed by atoms with E-state index in [1.165, 1.54) is 0 Å². The Labute approximate surface area is 186 Å². The van der Waals surface area contributed by atoms with E-state index in [1.807, 2.05) is 0 Å². The Kier molecular flexibility index (Phi) is 5.93. The zero-order chi connectivity index (χ0) is 22.0. The molecule has 1 amide bonds. The number of aromatic nitrogens is 1. The summed E-state index contributed by atoms with van der Waals surface area (Å²) in [6.45, 7) is -0.649. The maximum Gasteiger partial charge on any atom is 0.326 e. The second-order valence-electron chi connectivity index (χ2n) is 6.76. The fourth-order valence-corrected chi connectivity index (χ4v) is 3.70. The molecule has 0 unspecified atom stereocenters. The minimum Gasteiger partial charge on any atom is -0.454 e. The number of fused-ring (bicyclic) bond motifs is 2. The van der Waals surface area contributed by atoms with Gasteiger partial charge < -0.3 is 14.6 Å². The van der Waals surface area contributed by atoms with E-state index in [9.17, 15) is 14.4 Å². The third kappa shape index (κ3) is 4.26. The normalized spacial score (nSPS) is 10.9. The lowest BCUT2D eigenvalue weighted by Gasteiger charge is -2.14. The van der Waals surface area contributed by atoms with Gasteiger partial charge in [-0.25, -0.2) is 0 Å². The van der Waals surface area contributed by atoms with Gasteiger partial charge in [0, 0.05) is 10.8 Å². The van der Waals surface area contributed by atoms with Crippen molar-refractivity contribution in [2.45, 2.75) is 6.54 Å². The average molecular weight is 455 g/mol. The van der Waals surface area contributed by atoms with Gasteiger partial charge in [-0.05, 0) is 36.4 Å². The number of halogens is 2. The molecule has 0 saturated heterocycles. The first-order valence-electron chi connectivity index (χ1n) is 9.35. The van der Waals surface area contributed by atoms with E-state index >= 15 is 0 Å². The number of nitrogens with zero attached hydrogens (tertiary/aromatic N) is 1. The van der Waals surface area contributed by atoms with Gasteiger partial charge in [-0.1, -0.05) is 53.5 Å². The summed E-state index contributed by atoms with van der Waals surface area (Å²) in [5.41, 5.74) is 1.44. The molecule has 156 valence electrons. The second-order valence-corrected chi connectivity index (χ2v) is 7.54. The van der Waals surface area contributed by atoms with Gasteiger partial charge in [0.2, 0.25) is 0 Å². The van der Waals surface area contributed by atoms with Crippen LogP contribution in [0, 0.1) is 0 Å². The standard InChI is InChI=1S/C23H16Cl2N2O4/c24-16-8-5-9-17(22(16)25)26-20(28)13-31-21(29)12-27-18-10-3-1-6-14(18)23(30)15-7-2-4-11-19(15)27/h1-11H,12-13H2,(H,26,28). The molecule has 0 aliphatic heterocycles. The highest BCUT2D eigenvalue weighted by Gasteiger charge is 2.15. The van der Waals surface area contributed by atoms with Crippen LogP contribution in [0.2, 0.25) is 10.0 Å². The fraction of sp³-hybridized carbons (Fsp3) is 0.0870. The molecule has 0 radical (unpaired) electrons. The van der Waals surface area contributed by atoms with Gasteiger partial charge in [-0.15, -0.1) is 0 Å². The third-order valence-corrected chi connectivity index (χ3v) is 5.57. The first kappa shape index (κ1) is 20.9. The molecule has 4 aromatic rings. The van der Waals surface area contributed by atoms with Crippen LogP contribution in [0.5, 0.6) is 0 Å². The molecule has 0 aliphatic carbocycles. The van der Waals surface area contributed by atoms with Gasteiger partial charge in [0.15, 0.2) is 12.0 Å². The van der Waals surface area contributed by atoms with Gasteiger partial charge in [-0.2, -0.15) is 0 Å². The molecule has 0 atom stereocenters. The minimum atomic E-state index is -0.619. The number of benzene rings is 3. The molecule has 0 spiro atoms. The van der Waals surface area contributed by atoms with Gasteiger partial charge in [-0.3, -0.25) is 14.4 Å². The van der Waals surface area contributed by atoms with Gasteiger partial charge >= 0.3 is 5.97 Å². The number of hydrogen-bond acceptors (Lipinski definition) is 4. The molecule has 8 heteroatoms. The zero-order valence-electron chi connectivity index (χ0n) is 16.1. The van der Waals surface area contributed by atoms with Crippen LogP contribution in [0.4, 0.5) is 5.69 Å². The number of carbonyl (C=O) groups is 2. The smallest absolute Gasteiger partial charge is 0.326 e. The molecular weight excluding hydrogens is 439 g/mol. The van der Waals surface area contributed by atoms with Gasteiger partial charge in [0.05, 0.1) is 26.8 Å². The van der Waals surface area contributed by atoms with E-state index in [0.29, 0.717) is 32.5 Å². The lowest BCUT2D eigenvalue weighted by Crippen LogP contribution is -2.24. The maximum absolute atomic E-state index is 12.8. The van der Waals surface area contributed by atoms with Crippen LogP contribution in [-0.2, 0) is 20.9 Å². The Morgan fingerprint density at radius 3 is 2.13 bits per heavy atom. The molecule has 1 heterocycles. The number of rotatable bonds is 5. The van der Waals surface area contributed by atoms with Crippen LogP contribution >= 0.6 is 23.2 Å². The number of hydrogen-bond donors (Lipinski definition) is 1. The molecule has 1 N–H and O–H groups in total. The van der Waals surface area contributed by atoms with Crippen molar-refractivity contribution in [2.24, 2.45) is 0 Å². The van der Waals surface area contributed by atoms with E-state index in [-0.39, 0.29) is 17.0 Å². The lowest BCUT2D eigenvalue weighted by molar-refractivity contribution is -0.147. The number of esters is 1. The molecule has 0 bridgehead atoms. The van der Waals surface area contributed by atoms with Crippen molar-refractivity contribution in [3.8, 4) is 0 Å². The van der Waals surface area contributed by atoms with E-state index < -0.39 is 18.5 Å². The van der Waals surface area contributed by atoms with E-state index in [2.05, 4.69) is 5.32 Å². The molecule has 0 aliphatic rings. The number of nitrogens with one attached hydrogen (secondary N) is 1. The molecular formula is C23H16Cl2N2O4. The Bertz CT molecular complexity index is 1320. The summed E-state index contributed by atoms with van der Waals surface area (Å²) in [6, 6.07) is 18.9. The number of pyridine rings is 1. The van der Waals surface area contributed by atoms with Crippen molar-refractivity contribution in [1.29, 1.82) is 0 Å². The van der Waals surface area contributed by atoms with Crippen molar-refractivity contribution in [3.63, 3.8) is 0 Å². The maximum atomic E-state index is 12.8. The predicted octanol–water partition coefficient (Wildman–Crippen LogP) is 4.64. The fourth-order valence-electron chi connectivity index (χ4n) is 3.35. The van der Waals surface area contributed by atoms with Gasteiger partial charge in [0.25, 0.3) is 5.91 Å². The summed E-state index contributed by atoms with van der Waals surface area (Å²) >= 11 is 12.0. The van der Waals surface area contributed by atoms with Crippen molar-refractivity contribution < 1.29 is 14.3 Å². The monoisotopic (exact) mass is 454 g/mol. The van der Waals surface area contributed by atoms with Crippen LogP contribution in [0.25, 0.3) is 21.8 Å². The average Bonchev–Trinajstić information content (AvgIpc) is 2.78. The minimum absolute atomic E-state index is 0.103. The van der Waals surface area contributed by atoms with E-state index in [0.717, 1.165) is 0 Å². The summed E-state index contributed by atoms with van der Waals surface area (Å²) in [6.07, 6.45) is 0. The number of anilines is 1. The zero-order valence-corrected chi connectivity index (χ0v) is 17.6. The van der Waals surface area contributed by atoms with Crippen molar-refractivity contribution in [1.82, 2.24) is 4.57 Å². The largest absolute Gasteiger partial charge is 0.454 e.